The van der Waals surface area contributed by atoms with E-state index in [1.807, 2.05) is 20.9 Å². The molecular weight excluding hydrogens is 521 g/mol. The average molecular weight is 563 g/mol. The van der Waals surface area contributed by atoms with Crippen LogP contribution < -0.4 is 10.2 Å². The minimum absolute atomic E-state index is 0.126. The fourth-order valence-electron chi connectivity index (χ4n) is 5.38. The van der Waals surface area contributed by atoms with Crippen molar-refractivity contribution in [3.63, 3.8) is 0 Å². The first-order valence-electron chi connectivity index (χ1n) is 14.0. The van der Waals surface area contributed by atoms with E-state index in [1.165, 1.54) is 18.2 Å². The molecule has 5 rings (SSSR count). The maximum atomic E-state index is 12.9. The zero-order chi connectivity index (χ0) is 29.1. The Hall–Kier alpha value is -3.21. The number of hydrogen-bond acceptors (Lipinski definition) is 6. The molecule has 1 aliphatic carbocycles. The molecule has 1 saturated heterocycles. The van der Waals surface area contributed by atoms with Gasteiger partial charge in [0.2, 0.25) is 0 Å². The van der Waals surface area contributed by atoms with Crippen LogP contribution in [0.4, 0.5) is 13.2 Å². The summed E-state index contributed by atoms with van der Waals surface area (Å²) in [6.45, 7) is 12.5. The van der Waals surface area contributed by atoms with E-state index in [9.17, 15) is 13.2 Å². The molecule has 3 heterocycles. The zero-order valence-electron chi connectivity index (χ0n) is 24.1. The molecule has 0 atom stereocenters. The maximum Gasteiger partial charge on any atom is 0.573 e. The van der Waals surface area contributed by atoms with Gasteiger partial charge in [-0.15, -0.1) is 13.2 Å². The second kappa shape index (κ2) is 12.1. The van der Waals surface area contributed by atoms with Crippen molar-refractivity contribution in [2.75, 3.05) is 53.9 Å². The molecule has 0 unspecified atom stereocenters. The average Bonchev–Trinajstić information content (AvgIpc) is 3.70. The highest BCUT2D eigenvalue weighted by Crippen LogP contribution is 2.49. The van der Waals surface area contributed by atoms with E-state index in [0.717, 1.165) is 51.0 Å². The Kier molecular flexibility index (Phi) is 9.02. The number of nitrogens with zero attached hydrogens (tertiary/aromatic N) is 5. The van der Waals surface area contributed by atoms with Crippen molar-refractivity contribution < 1.29 is 22.6 Å². The standard InChI is InChI=1S/C27H35F3N6O2.C2H6/c1-18-22-23(37-17-26(10-11-26)16-35(22)4)24(32-15-19-8-12-34(3)13-9-19)33-36(18)25(31-2)20-6-5-7-21(14-20)38-27(28,29)30;1-2/h5-7,14,19H,1,8-13,15-17H2,2-4H3,(H,32,33);1-2H3. The number of piperidine rings is 1. The lowest BCUT2D eigenvalue weighted by Crippen LogP contribution is -2.52. The van der Waals surface area contributed by atoms with Gasteiger partial charge in [-0.3, -0.25) is 15.4 Å². The first-order chi connectivity index (χ1) is 19.1. The van der Waals surface area contributed by atoms with Gasteiger partial charge < -0.3 is 19.3 Å². The number of rotatable bonds is 4. The molecule has 1 aromatic rings. The molecule has 1 N–H and O–H groups in total. The summed E-state index contributed by atoms with van der Waals surface area (Å²) in [4.78, 5) is 13.9. The second-order valence-electron chi connectivity index (χ2n) is 10.8. The highest BCUT2D eigenvalue weighted by Gasteiger charge is 2.48. The third-order valence-electron chi connectivity index (χ3n) is 7.72. The van der Waals surface area contributed by atoms with E-state index in [-0.39, 0.29) is 11.2 Å². The van der Waals surface area contributed by atoms with Crippen LogP contribution in [-0.2, 0) is 4.74 Å². The summed E-state index contributed by atoms with van der Waals surface area (Å²) in [7, 11) is 5.75. The summed E-state index contributed by atoms with van der Waals surface area (Å²) in [5.74, 6) is 1.78. The lowest BCUT2D eigenvalue weighted by molar-refractivity contribution is -0.274. The molecule has 0 bridgehead atoms. The lowest BCUT2D eigenvalue weighted by atomic mass is 9.97. The van der Waals surface area contributed by atoms with Gasteiger partial charge in [0.25, 0.3) is 0 Å². The minimum Gasteiger partial charge on any atom is -0.487 e. The third-order valence-corrected chi connectivity index (χ3v) is 7.72. The quantitative estimate of drug-likeness (QED) is 0.411. The second-order valence-corrected chi connectivity index (χ2v) is 10.8. The monoisotopic (exact) mass is 562 g/mol. The van der Waals surface area contributed by atoms with E-state index >= 15 is 0 Å². The summed E-state index contributed by atoms with van der Waals surface area (Å²) >= 11 is 0. The third kappa shape index (κ3) is 6.74. The first-order valence-corrected chi connectivity index (χ1v) is 14.0. The largest absolute Gasteiger partial charge is 0.573 e. The van der Waals surface area contributed by atoms with Crippen LogP contribution in [0.5, 0.6) is 5.75 Å². The summed E-state index contributed by atoms with van der Waals surface area (Å²) in [6, 6.07) is 5.77. The van der Waals surface area contributed by atoms with Crippen LogP contribution in [0.15, 0.2) is 58.0 Å². The van der Waals surface area contributed by atoms with Crippen molar-refractivity contribution in [1.82, 2.24) is 20.2 Å². The summed E-state index contributed by atoms with van der Waals surface area (Å²) in [5, 5.41) is 1.68. The summed E-state index contributed by atoms with van der Waals surface area (Å²) in [5.41, 5.74) is 5.29. The van der Waals surface area contributed by atoms with Gasteiger partial charge in [-0.2, -0.15) is 0 Å². The van der Waals surface area contributed by atoms with Gasteiger partial charge >= 0.3 is 6.36 Å². The molecule has 2 fully saturated rings. The highest BCUT2D eigenvalue weighted by atomic mass is 19.4. The van der Waals surface area contributed by atoms with Crippen LogP contribution in [0.1, 0.15) is 45.1 Å². The fourth-order valence-corrected chi connectivity index (χ4v) is 5.38. The lowest BCUT2D eigenvalue weighted by Gasteiger charge is -2.38. The predicted octanol–water partition coefficient (Wildman–Crippen LogP) is 5.02. The normalized spacial score (nSPS) is 22.8. The number of aliphatic imine (C=N–C) groups is 2. The molecule has 220 valence electrons. The number of amidine groups is 2. The number of alkyl halides is 3. The van der Waals surface area contributed by atoms with Gasteiger partial charge in [-0.1, -0.05) is 32.6 Å². The Bertz CT molecular complexity index is 1170. The maximum absolute atomic E-state index is 12.9. The molecule has 11 heteroatoms. The van der Waals surface area contributed by atoms with E-state index in [2.05, 4.69) is 38.6 Å². The van der Waals surface area contributed by atoms with Gasteiger partial charge in [-0.25, -0.2) is 5.01 Å². The number of halogens is 3. The highest BCUT2D eigenvalue weighted by molar-refractivity contribution is 6.06. The SMILES string of the molecule is C=C1C2=C(OCC3(CC3)CN2C)C(=NCC2CCN(C)CC2)NN1C(=NC)c1cccc(OC(F)(F)F)c1.CC. The minimum atomic E-state index is -4.79. The summed E-state index contributed by atoms with van der Waals surface area (Å²) < 4.78 is 49.2. The van der Waals surface area contributed by atoms with Crippen molar-refractivity contribution in [3.8, 4) is 5.75 Å². The molecule has 3 aliphatic heterocycles. The number of likely N-dealkylation sites (N-methyl/N-ethyl adjacent to an activating group) is 1. The first kappa shape index (κ1) is 29.8. The molecule has 8 nitrogen and oxygen atoms in total. The van der Waals surface area contributed by atoms with Gasteiger partial charge in [0, 0.05) is 38.2 Å². The molecular formula is C29H41F3N6O2. The number of benzene rings is 1. The van der Waals surface area contributed by atoms with Gasteiger partial charge in [-0.05, 0) is 63.9 Å². The van der Waals surface area contributed by atoms with E-state index in [1.54, 1.807) is 18.1 Å². The van der Waals surface area contributed by atoms with Crippen LogP contribution in [0.3, 0.4) is 0 Å². The zero-order valence-corrected chi connectivity index (χ0v) is 24.1. The van der Waals surface area contributed by atoms with Gasteiger partial charge in [0.05, 0.1) is 12.3 Å². The van der Waals surface area contributed by atoms with E-state index in [0.29, 0.717) is 47.8 Å². The fraction of sp³-hybridized carbons (Fsp3) is 0.586. The van der Waals surface area contributed by atoms with E-state index in [4.69, 9.17) is 9.73 Å². The number of hydrogen-bond donors (Lipinski definition) is 1. The Morgan fingerprint density at radius 3 is 2.52 bits per heavy atom. The molecule has 0 aromatic heterocycles. The molecule has 40 heavy (non-hydrogen) atoms. The molecule has 0 radical (unpaired) electrons. The number of likely N-dealkylation sites (tertiary alicyclic amines) is 1. The molecule has 4 aliphatic rings. The molecule has 1 aromatic carbocycles. The van der Waals surface area contributed by atoms with Crippen molar-refractivity contribution in [2.45, 2.75) is 45.9 Å². The van der Waals surface area contributed by atoms with Crippen LogP contribution in [0, 0.1) is 11.3 Å². The van der Waals surface area contributed by atoms with Crippen LogP contribution in [0.25, 0.3) is 0 Å². The number of nitrogens with one attached hydrogen (secondary N) is 1. The van der Waals surface area contributed by atoms with Crippen molar-refractivity contribution in [3.05, 3.63) is 53.6 Å². The molecule has 1 saturated carbocycles. The Morgan fingerprint density at radius 1 is 1.20 bits per heavy atom. The smallest absolute Gasteiger partial charge is 0.487 e. The Balaban J connectivity index is 0.00000181. The van der Waals surface area contributed by atoms with Gasteiger partial charge in [0.1, 0.15) is 11.4 Å². The molecule has 0 amide bonds. The number of ether oxygens (including phenoxy) is 2. The van der Waals surface area contributed by atoms with Crippen molar-refractivity contribution >= 4 is 11.7 Å². The predicted molar refractivity (Wildman–Crippen MR) is 151 cm³/mol. The topological polar surface area (TPSA) is 64.9 Å². The van der Waals surface area contributed by atoms with Crippen molar-refractivity contribution in [2.24, 2.45) is 21.3 Å². The number of hydrazine groups is 1. The van der Waals surface area contributed by atoms with Crippen molar-refractivity contribution in [1.29, 1.82) is 0 Å². The van der Waals surface area contributed by atoms with Crippen LogP contribution >= 0.6 is 0 Å². The van der Waals surface area contributed by atoms with Crippen LogP contribution in [0.2, 0.25) is 0 Å². The summed E-state index contributed by atoms with van der Waals surface area (Å²) in [6.07, 6.45) is -0.420. The Labute approximate surface area is 235 Å². The molecule has 1 spiro atoms. The van der Waals surface area contributed by atoms with Crippen LogP contribution in [-0.4, -0.2) is 86.8 Å². The van der Waals surface area contributed by atoms with E-state index < -0.39 is 6.36 Å². The Morgan fingerprint density at radius 2 is 1.90 bits per heavy atom. The van der Waals surface area contributed by atoms with Gasteiger partial charge in [0.15, 0.2) is 17.4 Å².